The zero-order valence-corrected chi connectivity index (χ0v) is 13.5. The van der Waals surface area contributed by atoms with Gasteiger partial charge in [0.1, 0.15) is 5.69 Å². The van der Waals surface area contributed by atoms with E-state index in [-0.39, 0.29) is 5.91 Å². The van der Waals surface area contributed by atoms with Gasteiger partial charge in [0.15, 0.2) is 0 Å². The van der Waals surface area contributed by atoms with Crippen molar-refractivity contribution in [1.82, 2.24) is 19.7 Å². The lowest BCUT2D eigenvalue weighted by Crippen LogP contribution is -2.64. The molecule has 2 fully saturated rings. The maximum absolute atomic E-state index is 12.6. The highest BCUT2D eigenvalue weighted by Crippen LogP contribution is 2.20. The van der Waals surface area contributed by atoms with Gasteiger partial charge in [-0.2, -0.15) is 0 Å². The normalized spacial score (nSPS) is 20.7. The Morgan fingerprint density at radius 2 is 1.78 bits per heavy atom. The first kappa shape index (κ1) is 14.6. The van der Waals surface area contributed by atoms with Crippen molar-refractivity contribution in [1.29, 1.82) is 0 Å². The SMILES string of the molecule is CN1CCN(C2CN(C(=O)c3ccc4ccccc4n3)C2)CC1. The van der Waals surface area contributed by atoms with Crippen molar-refractivity contribution in [2.75, 3.05) is 46.3 Å². The number of nitrogens with zero attached hydrogens (tertiary/aromatic N) is 4. The van der Waals surface area contributed by atoms with Gasteiger partial charge in [0, 0.05) is 50.7 Å². The van der Waals surface area contributed by atoms with Crippen LogP contribution < -0.4 is 0 Å². The highest BCUT2D eigenvalue weighted by atomic mass is 16.2. The first-order chi connectivity index (χ1) is 11.2. The van der Waals surface area contributed by atoms with E-state index in [1.165, 1.54) is 0 Å². The fraction of sp³-hybridized carbons (Fsp3) is 0.444. The molecule has 2 saturated heterocycles. The van der Waals surface area contributed by atoms with E-state index in [9.17, 15) is 4.79 Å². The lowest BCUT2D eigenvalue weighted by molar-refractivity contribution is 0.0107. The van der Waals surface area contributed by atoms with E-state index in [1.807, 2.05) is 41.3 Å². The number of aromatic nitrogens is 1. The third kappa shape index (κ3) is 2.82. The van der Waals surface area contributed by atoms with Gasteiger partial charge in [0.2, 0.25) is 0 Å². The molecule has 120 valence electrons. The number of pyridine rings is 1. The van der Waals surface area contributed by atoms with E-state index >= 15 is 0 Å². The Labute approximate surface area is 136 Å². The zero-order valence-electron chi connectivity index (χ0n) is 13.5. The number of fused-ring (bicyclic) bond motifs is 1. The average molecular weight is 310 g/mol. The molecular weight excluding hydrogens is 288 g/mol. The summed E-state index contributed by atoms with van der Waals surface area (Å²) in [4.78, 5) is 23.9. The molecule has 4 rings (SSSR count). The van der Waals surface area contributed by atoms with Gasteiger partial charge in [-0.05, 0) is 19.2 Å². The number of likely N-dealkylation sites (tertiary alicyclic amines) is 1. The second kappa shape index (κ2) is 5.91. The minimum Gasteiger partial charge on any atom is -0.334 e. The lowest BCUT2D eigenvalue weighted by atomic mass is 10.0. The summed E-state index contributed by atoms with van der Waals surface area (Å²) < 4.78 is 0. The quantitative estimate of drug-likeness (QED) is 0.838. The van der Waals surface area contributed by atoms with E-state index in [0.717, 1.165) is 50.2 Å². The summed E-state index contributed by atoms with van der Waals surface area (Å²) in [5.41, 5.74) is 1.44. The summed E-state index contributed by atoms with van der Waals surface area (Å²) in [7, 11) is 2.17. The number of para-hydroxylation sites is 1. The highest BCUT2D eigenvalue weighted by molar-refractivity contribution is 5.95. The number of rotatable bonds is 2. The van der Waals surface area contributed by atoms with Crippen LogP contribution in [-0.4, -0.2) is 77.9 Å². The average Bonchev–Trinajstić information content (AvgIpc) is 2.54. The molecule has 2 aromatic rings. The minimum atomic E-state index is 0.0566. The highest BCUT2D eigenvalue weighted by Gasteiger charge is 2.36. The van der Waals surface area contributed by atoms with Crippen LogP contribution in [0.3, 0.4) is 0 Å². The number of carbonyl (C=O) groups excluding carboxylic acids is 1. The van der Waals surface area contributed by atoms with E-state index in [0.29, 0.717) is 11.7 Å². The van der Waals surface area contributed by atoms with Gasteiger partial charge < -0.3 is 9.80 Å². The van der Waals surface area contributed by atoms with Gasteiger partial charge in [-0.25, -0.2) is 4.98 Å². The summed E-state index contributed by atoms with van der Waals surface area (Å²) in [6.07, 6.45) is 0. The third-order valence-electron chi connectivity index (χ3n) is 5.02. The van der Waals surface area contributed by atoms with Gasteiger partial charge >= 0.3 is 0 Å². The van der Waals surface area contributed by atoms with Crippen molar-refractivity contribution in [3.05, 3.63) is 42.1 Å². The summed E-state index contributed by atoms with van der Waals surface area (Å²) in [6.45, 7) is 6.12. The Bertz CT molecular complexity index is 718. The Morgan fingerprint density at radius 1 is 1.04 bits per heavy atom. The predicted octanol–water partition coefficient (Wildman–Crippen LogP) is 1.31. The molecule has 0 N–H and O–H groups in total. The number of carbonyl (C=O) groups is 1. The van der Waals surface area contributed by atoms with Crippen molar-refractivity contribution in [2.45, 2.75) is 6.04 Å². The Kier molecular flexibility index (Phi) is 3.75. The van der Waals surface area contributed by atoms with E-state index < -0.39 is 0 Å². The first-order valence-electron chi connectivity index (χ1n) is 8.28. The molecule has 0 radical (unpaired) electrons. The van der Waals surface area contributed by atoms with Crippen LogP contribution in [0.15, 0.2) is 36.4 Å². The Balaban J connectivity index is 1.40. The molecule has 5 nitrogen and oxygen atoms in total. The number of hydrogen-bond acceptors (Lipinski definition) is 4. The lowest BCUT2D eigenvalue weighted by Gasteiger charge is -2.47. The van der Waals surface area contributed by atoms with Crippen LogP contribution in [0, 0.1) is 0 Å². The van der Waals surface area contributed by atoms with Crippen molar-refractivity contribution in [3.8, 4) is 0 Å². The smallest absolute Gasteiger partial charge is 0.272 e. The van der Waals surface area contributed by atoms with Crippen LogP contribution in [0.1, 0.15) is 10.5 Å². The van der Waals surface area contributed by atoms with Crippen LogP contribution in [0.5, 0.6) is 0 Å². The molecule has 1 amide bonds. The van der Waals surface area contributed by atoms with Crippen LogP contribution in [0.2, 0.25) is 0 Å². The molecular formula is C18H22N4O. The van der Waals surface area contributed by atoms with E-state index in [1.54, 1.807) is 0 Å². The molecule has 3 heterocycles. The van der Waals surface area contributed by atoms with Crippen LogP contribution in [0.4, 0.5) is 0 Å². The number of hydrogen-bond donors (Lipinski definition) is 0. The monoisotopic (exact) mass is 310 g/mol. The zero-order chi connectivity index (χ0) is 15.8. The second-order valence-electron chi connectivity index (χ2n) is 6.59. The molecule has 0 aliphatic carbocycles. The summed E-state index contributed by atoms with van der Waals surface area (Å²) >= 11 is 0. The predicted molar refractivity (Wildman–Crippen MR) is 90.5 cm³/mol. The summed E-state index contributed by atoms with van der Waals surface area (Å²) in [5.74, 6) is 0.0566. The molecule has 0 bridgehead atoms. The fourth-order valence-electron chi connectivity index (χ4n) is 3.39. The standard InChI is InChI=1S/C18H22N4O/c1-20-8-10-21(11-9-20)15-12-22(13-15)18(23)17-7-6-14-4-2-3-5-16(14)19-17/h2-7,15H,8-13H2,1H3. The van der Waals surface area contributed by atoms with Crippen LogP contribution in [0.25, 0.3) is 10.9 Å². The van der Waals surface area contributed by atoms with Crippen molar-refractivity contribution >= 4 is 16.8 Å². The molecule has 0 atom stereocenters. The van der Waals surface area contributed by atoms with Gasteiger partial charge in [0.25, 0.3) is 5.91 Å². The Morgan fingerprint density at radius 3 is 2.57 bits per heavy atom. The maximum atomic E-state index is 12.6. The molecule has 23 heavy (non-hydrogen) atoms. The molecule has 2 aliphatic rings. The number of benzene rings is 1. The van der Waals surface area contributed by atoms with Crippen molar-refractivity contribution < 1.29 is 4.79 Å². The number of likely N-dealkylation sites (N-methyl/N-ethyl adjacent to an activating group) is 1. The molecule has 0 saturated carbocycles. The topological polar surface area (TPSA) is 39.7 Å². The van der Waals surface area contributed by atoms with Crippen LogP contribution >= 0.6 is 0 Å². The summed E-state index contributed by atoms with van der Waals surface area (Å²) in [5, 5.41) is 1.07. The summed E-state index contributed by atoms with van der Waals surface area (Å²) in [6, 6.07) is 12.3. The largest absolute Gasteiger partial charge is 0.334 e. The molecule has 0 unspecified atom stereocenters. The molecule has 1 aromatic heterocycles. The van der Waals surface area contributed by atoms with Crippen molar-refractivity contribution in [3.63, 3.8) is 0 Å². The second-order valence-corrected chi connectivity index (χ2v) is 6.59. The van der Waals surface area contributed by atoms with Crippen molar-refractivity contribution in [2.24, 2.45) is 0 Å². The third-order valence-corrected chi connectivity index (χ3v) is 5.02. The Hall–Kier alpha value is -1.98. The molecule has 1 aromatic carbocycles. The minimum absolute atomic E-state index is 0.0566. The number of amides is 1. The van der Waals surface area contributed by atoms with Gasteiger partial charge in [-0.1, -0.05) is 24.3 Å². The first-order valence-corrected chi connectivity index (χ1v) is 8.28. The van der Waals surface area contributed by atoms with Gasteiger partial charge in [0.05, 0.1) is 5.52 Å². The van der Waals surface area contributed by atoms with Gasteiger partial charge in [-0.15, -0.1) is 0 Å². The maximum Gasteiger partial charge on any atom is 0.272 e. The number of piperazine rings is 1. The molecule has 5 heteroatoms. The fourth-order valence-corrected chi connectivity index (χ4v) is 3.39. The van der Waals surface area contributed by atoms with E-state index in [4.69, 9.17) is 0 Å². The van der Waals surface area contributed by atoms with Gasteiger partial charge in [-0.3, -0.25) is 9.69 Å². The molecule has 0 spiro atoms. The molecule has 2 aliphatic heterocycles. The van der Waals surface area contributed by atoms with E-state index in [2.05, 4.69) is 21.8 Å². The van der Waals surface area contributed by atoms with Crippen LogP contribution in [-0.2, 0) is 0 Å².